The Morgan fingerprint density at radius 1 is 1.37 bits per heavy atom. The lowest BCUT2D eigenvalue weighted by Gasteiger charge is -2.21. The molecule has 0 aromatic heterocycles. The Hall–Kier alpha value is -1.03. The van der Waals surface area contributed by atoms with E-state index in [2.05, 4.69) is 22.9 Å². The smallest absolute Gasteiger partial charge is 0.257 e. The highest BCUT2D eigenvalue weighted by Crippen LogP contribution is 2.26. The number of ether oxygens (including phenoxy) is 1. The molecule has 0 aliphatic carbocycles. The fraction of sp³-hybridized carbons (Fsp3) is 0.533. The van der Waals surface area contributed by atoms with Crippen LogP contribution in [0.1, 0.15) is 36.5 Å². The van der Waals surface area contributed by atoms with Crippen molar-refractivity contribution >= 4 is 21.8 Å². The van der Waals surface area contributed by atoms with Crippen LogP contribution in [0.4, 0.5) is 0 Å². The quantitative estimate of drug-likeness (QED) is 0.829. The number of hydrogen-bond acceptors (Lipinski definition) is 2. The van der Waals surface area contributed by atoms with Crippen molar-refractivity contribution in [3.63, 3.8) is 0 Å². The van der Waals surface area contributed by atoms with Crippen molar-refractivity contribution < 1.29 is 9.53 Å². The molecule has 0 N–H and O–H groups in total. The van der Waals surface area contributed by atoms with E-state index in [0.717, 1.165) is 30.4 Å². The van der Waals surface area contributed by atoms with Crippen LogP contribution in [0.25, 0.3) is 0 Å². The Kier molecular flexibility index (Phi) is 4.86. The largest absolute Gasteiger partial charge is 0.496 e. The zero-order valence-electron chi connectivity index (χ0n) is 11.5. The number of hydrogen-bond donors (Lipinski definition) is 0. The van der Waals surface area contributed by atoms with Crippen molar-refractivity contribution in [1.29, 1.82) is 0 Å². The van der Waals surface area contributed by atoms with Crippen LogP contribution in [0.2, 0.25) is 0 Å². The fourth-order valence-corrected chi connectivity index (χ4v) is 2.82. The minimum Gasteiger partial charge on any atom is -0.496 e. The van der Waals surface area contributed by atoms with E-state index in [1.54, 1.807) is 7.11 Å². The van der Waals surface area contributed by atoms with Gasteiger partial charge in [0.2, 0.25) is 0 Å². The molecule has 2 rings (SSSR count). The van der Waals surface area contributed by atoms with Gasteiger partial charge in [-0.2, -0.15) is 0 Å². The summed E-state index contributed by atoms with van der Waals surface area (Å²) in [6, 6.07) is 5.56. The van der Waals surface area contributed by atoms with E-state index in [1.165, 1.54) is 6.42 Å². The first-order valence-corrected chi connectivity index (χ1v) is 7.54. The molecule has 0 saturated carbocycles. The number of carbonyl (C=O) groups excluding carboxylic acids is 1. The summed E-state index contributed by atoms with van der Waals surface area (Å²) in [5, 5.41) is 0. The number of methoxy groups -OCH3 is 1. The molecule has 1 atom stereocenters. The van der Waals surface area contributed by atoms with Crippen molar-refractivity contribution in [2.45, 2.75) is 26.2 Å². The Bertz CT molecular complexity index is 461. The summed E-state index contributed by atoms with van der Waals surface area (Å²) in [4.78, 5) is 14.5. The van der Waals surface area contributed by atoms with Crippen LogP contribution < -0.4 is 4.74 Å². The van der Waals surface area contributed by atoms with Gasteiger partial charge < -0.3 is 9.64 Å². The normalized spacial score (nSPS) is 19.9. The summed E-state index contributed by atoms with van der Waals surface area (Å²) in [6.45, 7) is 3.95. The molecule has 1 aromatic rings. The predicted molar refractivity (Wildman–Crippen MR) is 79.6 cm³/mol. The van der Waals surface area contributed by atoms with E-state index < -0.39 is 0 Å². The van der Waals surface area contributed by atoms with Gasteiger partial charge in [0.25, 0.3) is 5.91 Å². The van der Waals surface area contributed by atoms with Gasteiger partial charge in [-0.05, 0) is 43.4 Å². The summed E-state index contributed by atoms with van der Waals surface area (Å²) in [5.41, 5.74) is 0.653. The molecule has 19 heavy (non-hydrogen) atoms. The van der Waals surface area contributed by atoms with Gasteiger partial charge in [0.05, 0.1) is 12.7 Å². The SMILES string of the molecule is COc1cc(Br)ccc1C(=O)N1CCCC(C)CC1. The van der Waals surface area contributed by atoms with Crippen LogP contribution in [0, 0.1) is 5.92 Å². The number of amides is 1. The van der Waals surface area contributed by atoms with Crippen LogP contribution >= 0.6 is 15.9 Å². The molecule has 1 aliphatic rings. The molecule has 1 fully saturated rings. The monoisotopic (exact) mass is 325 g/mol. The standard InChI is InChI=1S/C15H20BrNO2/c1-11-4-3-8-17(9-7-11)15(18)13-6-5-12(16)10-14(13)19-2/h5-6,10-11H,3-4,7-9H2,1-2H3. The van der Waals surface area contributed by atoms with Crippen molar-refractivity contribution in [2.75, 3.05) is 20.2 Å². The lowest BCUT2D eigenvalue weighted by Crippen LogP contribution is -2.32. The minimum absolute atomic E-state index is 0.0819. The van der Waals surface area contributed by atoms with E-state index in [1.807, 2.05) is 23.1 Å². The maximum atomic E-state index is 12.6. The van der Waals surface area contributed by atoms with Crippen LogP contribution in [-0.4, -0.2) is 31.0 Å². The highest BCUT2D eigenvalue weighted by molar-refractivity contribution is 9.10. The summed E-state index contributed by atoms with van der Waals surface area (Å²) >= 11 is 3.40. The number of halogens is 1. The maximum absolute atomic E-state index is 12.6. The van der Waals surface area contributed by atoms with Gasteiger partial charge in [-0.3, -0.25) is 4.79 Å². The first-order valence-electron chi connectivity index (χ1n) is 6.74. The van der Waals surface area contributed by atoms with Crippen LogP contribution in [0.3, 0.4) is 0 Å². The first kappa shape index (κ1) is 14.4. The Morgan fingerprint density at radius 3 is 2.89 bits per heavy atom. The molecule has 0 spiro atoms. The van der Waals surface area contributed by atoms with Gasteiger partial charge in [0.15, 0.2) is 0 Å². The summed E-state index contributed by atoms with van der Waals surface area (Å²) in [5.74, 6) is 1.43. The number of nitrogens with zero attached hydrogens (tertiary/aromatic N) is 1. The van der Waals surface area contributed by atoms with Crippen LogP contribution in [0.15, 0.2) is 22.7 Å². The minimum atomic E-state index is 0.0819. The van der Waals surface area contributed by atoms with Crippen molar-refractivity contribution in [1.82, 2.24) is 4.90 Å². The zero-order valence-corrected chi connectivity index (χ0v) is 13.1. The third-order valence-corrected chi connectivity index (χ3v) is 4.19. The summed E-state index contributed by atoms with van der Waals surface area (Å²) < 4.78 is 6.23. The lowest BCUT2D eigenvalue weighted by molar-refractivity contribution is 0.0757. The molecule has 1 aliphatic heterocycles. The number of rotatable bonds is 2. The van der Waals surface area contributed by atoms with Gasteiger partial charge in [-0.25, -0.2) is 0 Å². The third-order valence-electron chi connectivity index (χ3n) is 3.70. The van der Waals surface area contributed by atoms with E-state index >= 15 is 0 Å². The molecule has 4 heteroatoms. The Morgan fingerprint density at radius 2 is 2.16 bits per heavy atom. The Labute approximate surface area is 123 Å². The van der Waals surface area contributed by atoms with Crippen molar-refractivity contribution in [2.24, 2.45) is 5.92 Å². The number of carbonyl (C=O) groups is 1. The molecule has 1 heterocycles. The van der Waals surface area contributed by atoms with Gasteiger partial charge in [-0.15, -0.1) is 0 Å². The van der Waals surface area contributed by atoms with Crippen LogP contribution in [0.5, 0.6) is 5.75 Å². The lowest BCUT2D eigenvalue weighted by atomic mass is 10.0. The van der Waals surface area contributed by atoms with Gasteiger partial charge in [-0.1, -0.05) is 22.9 Å². The maximum Gasteiger partial charge on any atom is 0.257 e. The molecular formula is C15H20BrNO2. The second-order valence-electron chi connectivity index (χ2n) is 5.17. The molecule has 3 nitrogen and oxygen atoms in total. The van der Waals surface area contributed by atoms with E-state index in [4.69, 9.17) is 4.74 Å². The predicted octanol–water partition coefficient (Wildman–Crippen LogP) is 3.72. The molecule has 1 unspecified atom stereocenters. The van der Waals surface area contributed by atoms with E-state index in [9.17, 15) is 4.79 Å². The second-order valence-corrected chi connectivity index (χ2v) is 6.09. The Balaban J connectivity index is 2.19. The molecule has 1 aromatic carbocycles. The topological polar surface area (TPSA) is 29.5 Å². The highest BCUT2D eigenvalue weighted by atomic mass is 79.9. The first-order chi connectivity index (χ1) is 9.11. The molecular weight excluding hydrogens is 306 g/mol. The average Bonchev–Trinajstić information content (AvgIpc) is 2.62. The summed E-state index contributed by atoms with van der Waals surface area (Å²) in [7, 11) is 1.60. The molecule has 1 saturated heterocycles. The molecule has 0 bridgehead atoms. The van der Waals surface area contributed by atoms with E-state index in [-0.39, 0.29) is 5.91 Å². The second kappa shape index (κ2) is 6.42. The van der Waals surface area contributed by atoms with Crippen molar-refractivity contribution in [3.05, 3.63) is 28.2 Å². The van der Waals surface area contributed by atoms with Gasteiger partial charge in [0, 0.05) is 17.6 Å². The van der Waals surface area contributed by atoms with Gasteiger partial charge in [0.1, 0.15) is 5.75 Å². The number of likely N-dealkylation sites (tertiary alicyclic amines) is 1. The molecule has 1 amide bonds. The summed E-state index contributed by atoms with van der Waals surface area (Å²) in [6.07, 6.45) is 3.39. The average molecular weight is 326 g/mol. The van der Waals surface area contributed by atoms with Crippen LogP contribution in [-0.2, 0) is 0 Å². The number of benzene rings is 1. The zero-order chi connectivity index (χ0) is 13.8. The highest BCUT2D eigenvalue weighted by Gasteiger charge is 2.22. The third kappa shape index (κ3) is 3.50. The van der Waals surface area contributed by atoms with Gasteiger partial charge >= 0.3 is 0 Å². The molecule has 104 valence electrons. The van der Waals surface area contributed by atoms with E-state index in [0.29, 0.717) is 17.2 Å². The fourth-order valence-electron chi connectivity index (χ4n) is 2.48. The van der Waals surface area contributed by atoms with Crippen molar-refractivity contribution in [3.8, 4) is 5.75 Å². The molecule has 0 radical (unpaired) electrons.